The van der Waals surface area contributed by atoms with E-state index in [0.717, 1.165) is 5.56 Å². The van der Waals surface area contributed by atoms with Gasteiger partial charge in [0.05, 0.1) is 12.4 Å². The highest BCUT2D eigenvalue weighted by Crippen LogP contribution is 2.09. The second kappa shape index (κ2) is 7.68. The van der Waals surface area contributed by atoms with Gasteiger partial charge in [-0.05, 0) is 12.0 Å². The summed E-state index contributed by atoms with van der Waals surface area (Å²) in [6.07, 6.45) is 0.674. The Morgan fingerprint density at radius 2 is 2.00 bits per heavy atom. The maximum Gasteiger partial charge on any atom is 0.216 e. The molecule has 3 N–H and O–H groups in total. The van der Waals surface area contributed by atoms with Crippen LogP contribution in [-0.4, -0.2) is 33.2 Å². The van der Waals surface area contributed by atoms with Crippen LogP contribution in [0.25, 0.3) is 0 Å². The molecule has 0 fully saturated rings. The Bertz CT molecular complexity index is 541. The normalized spacial score (nSPS) is 13.1. The summed E-state index contributed by atoms with van der Waals surface area (Å²) in [5.41, 5.74) is 6.90. The van der Waals surface area contributed by atoms with Gasteiger partial charge in [0.2, 0.25) is 10.0 Å². The number of methoxy groups -OCH3 is 1. The van der Waals surface area contributed by atoms with Gasteiger partial charge in [0.25, 0.3) is 0 Å². The van der Waals surface area contributed by atoms with Gasteiger partial charge in [0.15, 0.2) is 0 Å². The number of rotatable bonds is 8. The number of hydrogen-bond donors (Lipinski definition) is 2. The summed E-state index contributed by atoms with van der Waals surface area (Å²) in [6.45, 7) is 2.26. The van der Waals surface area contributed by atoms with Gasteiger partial charge >= 0.3 is 0 Å². The summed E-state index contributed by atoms with van der Waals surface area (Å²) in [5.74, 6) is -0.0785. The van der Waals surface area contributed by atoms with Crippen LogP contribution in [0.3, 0.4) is 0 Å². The van der Waals surface area contributed by atoms with Gasteiger partial charge in [-0.2, -0.15) is 0 Å². The molecule has 0 aliphatic carbocycles. The van der Waals surface area contributed by atoms with Crippen LogP contribution in [-0.2, 0) is 20.5 Å². The van der Waals surface area contributed by atoms with E-state index in [1.165, 1.54) is 0 Å². The van der Waals surface area contributed by atoms with E-state index in [9.17, 15) is 8.42 Å². The Labute approximate surface area is 125 Å². The maximum atomic E-state index is 12.0. The fourth-order valence-corrected chi connectivity index (χ4v) is 3.31. The molecule has 1 aromatic carbocycles. The van der Waals surface area contributed by atoms with Crippen LogP contribution in [0.2, 0.25) is 0 Å². The lowest BCUT2D eigenvalue weighted by atomic mass is 10.1. The van der Waals surface area contributed by atoms with E-state index in [-0.39, 0.29) is 11.8 Å². The van der Waals surface area contributed by atoms with Crippen LogP contribution in [0, 0.1) is 0 Å². The maximum absolute atomic E-state index is 12.0. The van der Waals surface area contributed by atoms with Crippen molar-refractivity contribution in [3.05, 3.63) is 35.4 Å². The largest absolute Gasteiger partial charge is 0.389 e. The molecule has 0 aliphatic heterocycles. The van der Waals surface area contributed by atoms with Crippen molar-refractivity contribution in [3.8, 4) is 0 Å². The van der Waals surface area contributed by atoms with E-state index in [2.05, 4.69) is 4.72 Å². The molecule has 0 amide bonds. The van der Waals surface area contributed by atoms with Crippen molar-refractivity contribution in [1.29, 1.82) is 0 Å². The quantitative estimate of drug-likeness (QED) is 0.704. The third-order valence-corrected chi connectivity index (χ3v) is 4.44. The molecule has 0 bridgehead atoms. The molecule has 0 saturated carbocycles. The summed E-state index contributed by atoms with van der Waals surface area (Å²) >= 11 is 4.85. The van der Waals surface area contributed by atoms with E-state index in [4.69, 9.17) is 22.7 Å². The Morgan fingerprint density at radius 1 is 1.40 bits per heavy atom. The second-order valence-electron chi connectivity index (χ2n) is 4.50. The predicted octanol–water partition coefficient (Wildman–Crippen LogP) is 1.17. The Balaban J connectivity index is 2.72. The van der Waals surface area contributed by atoms with Gasteiger partial charge in [-0.3, -0.25) is 0 Å². The Morgan fingerprint density at radius 3 is 2.45 bits per heavy atom. The van der Waals surface area contributed by atoms with Crippen molar-refractivity contribution in [1.82, 2.24) is 4.72 Å². The molecular weight excluding hydrogens is 296 g/mol. The lowest BCUT2D eigenvalue weighted by Gasteiger charge is -2.16. The van der Waals surface area contributed by atoms with Crippen molar-refractivity contribution >= 4 is 27.2 Å². The molecule has 0 saturated heterocycles. The first-order valence-electron chi connectivity index (χ1n) is 6.25. The number of hydrogen-bond acceptors (Lipinski definition) is 4. The van der Waals surface area contributed by atoms with Crippen LogP contribution in [0.5, 0.6) is 0 Å². The lowest BCUT2D eigenvalue weighted by molar-refractivity contribution is 0.173. The first-order chi connectivity index (χ1) is 9.38. The zero-order chi connectivity index (χ0) is 15.2. The highest BCUT2D eigenvalue weighted by atomic mass is 32.2. The second-order valence-corrected chi connectivity index (χ2v) is 6.69. The Hall–Kier alpha value is -1.02. The van der Waals surface area contributed by atoms with E-state index >= 15 is 0 Å². The highest BCUT2D eigenvalue weighted by molar-refractivity contribution is 7.88. The first kappa shape index (κ1) is 17.0. The number of benzene rings is 1. The molecular formula is C13H20N2O3S2. The average Bonchev–Trinajstić information content (AvgIpc) is 2.38. The predicted molar refractivity (Wildman–Crippen MR) is 84.0 cm³/mol. The molecule has 7 heteroatoms. The molecule has 1 unspecified atom stereocenters. The average molecular weight is 316 g/mol. The zero-order valence-electron chi connectivity index (χ0n) is 11.6. The summed E-state index contributed by atoms with van der Waals surface area (Å²) in [6, 6.07) is 6.66. The highest BCUT2D eigenvalue weighted by Gasteiger charge is 2.17. The van der Waals surface area contributed by atoms with Gasteiger partial charge in [-0.1, -0.05) is 43.4 Å². The molecule has 5 nitrogen and oxygen atoms in total. The van der Waals surface area contributed by atoms with Gasteiger partial charge in [-0.15, -0.1) is 0 Å². The third kappa shape index (κ3) is 5.54. The SMILES string of the molecule is CCC(COC)NS(=O)(=O)Cc1ccc(C(N)=S)cc1. The minimum absolute atomic E-state index is 0.0785. The molecule has 1 rings (SSSR count). The van der Waals surface area contributed by atoms with Gasteiger partial charge in [-0.25, -0.2) is 13.1 Å². The number of nitrogens with one attached hydrogen (secondary N) is 1. The van der Waals surface area contributed by atoms with Gasteiger partial charge in [0, 0.05) is 18.7 Å². The molecule has 20 heavy (non-hydrogen) atoms. The van der Waals surface area contributed by atoms with Gasteiger partial charge in [0.1, 0.15) is 4.99 Å². The van der Waals surface area contributed by atoms with Crippen LogP contribution < -0.4 is 10.5 Å². The lowest BCUT2D eigenvalue weighted by Crippen LogP contribution is -2.38. The molecule has 1 atom stereocenters. The molecule has 0 heterocycles. The molecule has 0 spiro atoms. The van der Waals surface area contributed by atoms with Crippen LogP contribution >= 0.6 is 12.2 Å². The molecule has 112 valence electrons. The third-order valence-electron chi connectivity index (χ3n) is 2.80. The Kier molecular flexibility index (Phi) is 6.54. The molecule has 0 aliphatic rings. The molecule has 0 aromatic heterocycles. The first-order valence-corrected chi connectivity index (χ1v) is 8.31. The summed E-state index contributed by atoms with van der Waals surface area (Å²) < 4.78 is 31.7. The van der Waals surface area contributed by atoms with Crippen molar-refractivity contribution in [2.45, 2.75) is 25.1 Å². The summed E-state index contributed by atoms with van der Waals surface area (Å²) in [7, 11) is -1.85. The van der Waals surface area contributed by atoms with Crippen molar-refractivity contribution in [2.75, 3.05) is 13.7 Å². The van der Waals surface area contributed by atoms with Crippen LogP contribution in [0.1, 0.15) is 24.5 Å². The molecule has 1 aromatic rings. The van der Waals surface area contributed by atoms with E-state index in [0.29, 0.717) is 23.6 Å². The van der Waals surface area contributed by atoms with Crippen LogP contribution in [0.15, 0.2) is 24.3 Å². The number of sulfonamides is 1. The number of ether oxygens (including phenoxy) is 1. The minimum atomic E-state index is -3.40. The van der Waals surface area contributed by atoms with Crippen molar-refractivity contribution < 1.29 is 13.2 Å². The standard InChI is InChI=1S/C13H20N2O3S2/c1-3-12(8-18-2)15-20(16,17)9-10-4-6-11(7-5-10)13(14)19/h4-7,12,15H,3,8-9H2,1-2H3,(H2,14,19). The van der Waals surface area contributed by atoms with E-state index in [1.54, 1.807) is 31.4 Å². The topological polar surface area (TPSA) is 81.4 Å². The smallest absolute Gasteiger partial charge is 0.216 e. The van der Waals surface area contributed by atoms with Crippen molar-refractivity contribution in [3.63, 3.8) is 0 Å². The summed E-state index contributed by atoms with van der Waals surface area (Å²) in [4.78, 5) is 0.295. The van der Waals surface area contributed by atoms with E-state index < -0.39 is 10.0 Å². The number of nitrogens with two attached hydrogens (primary N) is 1. The zero-order valence-corrected chi connectivity index (χ0v) is 13.3. The fraction of sp³-hybridized carbons (Fsp3) is 0.462. The van der Waals surface area contributed by atoms with Gasteiger partial charge < -0.3 is 10.5 Å². The fourth-order valence-electron chi connectivity index (χ4n) is 1.72. The van der Waals surface area contributed by atoms with E-state index in [1.807, 2.05) is 6.92 Å². The van der Waals surface area contributed by atoms with Crippen molar-refractivity contribution in [2.24, 2.45) is 5.73 Å². The van der Waals surface area contributed by atoms with Crippen LogP contribution in [0.4, 0.5) is 0 Å². The summed E-state index contributed by atoms with van der Waals surface area (Å²) in [5, 5.41) is 0. The minimum Gasteiger partial charge on any atom is -0.389 e. The monoisotopic (exact) mass is 316 g/mol. The number of thiocarbonyl (C=S) groups is 1. The molecule has 0 radical (unpaired) electrons.